The highest BCUT2D eigenvalue weighted by atomic mass is 16.1. The smallest absolute Gasteiger partial charge is 0.250 e. The number of hydrogen-bond acceptors (Lipinski definition) is 1. The summed E-state index contributed by atoms with van der Waals surface area (Å²) in [5.41, 5.74) is 8.34. The molecule has 0 N–H and O–H groups in total. The van der Waals surface area contributed by atoms with Crippen LogP contribution in [0.4, 0.5) is 0 Å². The molecule has 1 rings (SSSR count). The van der Waals surface area contributed by atoms with Crippen LogP contribution < -0.4 is 0 Å². The highest BCUT2D eigenvalue weighted by molar-refractivity contribution is 5.94. The summed E-state index contributed by atoms with van der Waals surface area (Å²) in [6.07, 6.45) is 3.30. The summed E-state index contributed by atoms with van der Waals surface area (Å²) >= 11 is 0. The first-order valence-electron chi connectivity index (χ1n) is 2.95. The van der Waals surface area contributed by atoms with Gasteiger partial charge in [-0.05, 0) is 16.7 Å². The maximum atomic E-state index is 10.8. The maximum absolute atomic E-state index is 10.8. The van der Waals surface area contributed by atoms with Crippen molar-refractivity contribution in [1.82, 2.24) is 4.57 Å². The third kappa shape index (κ3) is 1.59. The fourth-order valence-corrected chi connectivity index (χ4v) is 0.728. The van der Waals surface area contributed by atoms with Crippen LogP contribution in [0, 0.1) is 0 Å². The molecule has 11 heavy (non-hydrogen) atoms. The Morgan fingerprint density at radius 1 is 1.82 bits per heavy atom. The predicted octanol–water partition coefficient (Wildman–Crippen LogP) is 1.48. The van der Waals surface area contributed by atoms with E-state index >= 15 is 0 Å². The van der Waals surface area contributed by atoms with E-state index in [1.54, 1.807) is 30.1 Å². The summed E-state index contributed by atoms with van der Waals surface area (Å²) in [7, 11) is 1.78. The SMILES string of the molecule is Cn1ccc(C(=O)N=[N+]=[N-])c1. The molecule has 0 atom stereocenters. The summed E-state index contributed by atoms with van der Waals surface area (Å²) in [5, 5.41) is 2.94. The minimum Gasteiger partial charge on any atom is -0.357 e. The fourth-order valence-electron chi connectivity index (χ4n) is 0.728. The number of aryl methyl sites for hydroxylation is 1. The van der Waals surface area contributed by atoms with Gasteiger partial charge >= 0.3 is 0 Å². The van der Waals surface area contributed by atoms with Crippen molar-refractivity contribution in [2.75, 3.05) is 0 Å². The van der Waals surface area contributed by atoms with Gasteiger partial charge in [-0.2, -0.15) is 0 Å². The number of hydrogen-bond donors (Lipinski definition) is 0. The minimum atomic E-state index is -0.548. The molecule has 5 heteroatoms. The fraction of sp³-hybridized carbons (Fsp3) is 0.167. The Morgan fingerprint density at radius 2 is 2.55 bits per heavy atom. The molecule has 0 aliphatic carbocycles. The molecule has 0 aliphatic heterocycles. The molecule has 0 radical (unpaired) electrons. The second-order valence-electron chi connectivity index (χ2n) is 2.06. The van der Waals surface area contributed by atoms with Gasteiger partial charge in [-0.1, -0.05) is 0 Å². The Morgan fingerprint density at radius 3 is 3.00 bits per heavy atom. The first-order chi connectivity index (χ1) is 5.24. The van der Waals surface area contributed by atoms with Gasteiger partial charge in [-0.15, -0.1) is 0 Å². The number of carbonyl (C=O) groups excluding carboxylic acids is 1. The Kier molecular flexibility index (Phi) is 1.94. The van der Waals surface area contributed by atoms with Crippen LogP contribution in [-0.4, -0.2) is 10.5 Å². The molecule has 56 valence electrons. The Balaban J connectivity index is 2.93. The normalized spacial score (nSPS) is 8.82. The third-order valence-corrected chi connectivity index (χ3v) is 1.21. The van der Waals surface area contributed by atoms with E-state index in [1.165, 1.54) is 0 Å². The minimum absolute atomic E-state index is 0.408. The number of amides is 1. The zero-order valence-electron chi connectivity index (χ0n) is 5.93. The lowest BCUT2D eigenvalue weighted by Crippen LogP contribution is -1.89. The Labute approximate surface area is 62.9 Å². The average molecular weight is 150 g/mol. The van der Waals surface area contributed by atoms with Crippen molar-refractivity contribution in [3.8, 4) is 0 Å². The highest BCUT2D eigenvalue weighted by Crippen LogP contribution is 2.01. The van der Waals surface area contributed by atoms with Crippen LogP contribution in [-0.2, 0) is 7.05 Å². The first kappa shape index (κ1) is 7.37. The van der Waals surface area contributed by atoms with Crippen molar-refractivity contribution in [2.45, 2.75) is 0 Å². The van der Waals surface area contributed by atoms with E-state index in [0.29, 0.717) is 5.56 Å². The first-order valence-corrected chi connectivity index (χ1v) is 2.95. The largest absolute Gasteiger partial charge is 0.357 e. The van der Waals surface area contributed by atoms with Crippen molar-refractivity contribution in [1.29, 1.82) is 0 Å². The molecule has 1 amide bonds. The van der Waals surface area contributed by atoms with Gasteiger partial charge in [0.1, 0.15) is 0 Å². The molecule has 0 saturated carbocycles. The van der Waals surface area contributed by atoms with Crippen molar-refractivity contribution >= 4 is 5.91 Å². The molecule has 0 aromatic carbocycles. The summed E-state index contributed by atoms with van der Waals surface area (Å²) in [6.45, 7) is 0. The number of aromatic nitrogens is 1. The van der Waals surface area contributed by atoms with Crippen LogP contribution in [0.25, 0.3) is 10.4 Å². The van der Waals surface area contributed by atoms with Crippen molar-refractivity contribution in [3.63, 3.8) is 0 Å². The van der Waals surface area contributed by atoms with Crippen LogP contribution in [0.2, 0.25) is 0 Å². The zero-order valence-corrected chi connectivity index (χ0v) is 5.93. The highest BCUT2D eigenvalue weighted by Gasteiger charge is 2.02. The lowest BCUT2D eigenvalue weighted by Gasteiger charge is -1.84. The molecular weight excluding hydrogens is 144 g/mol. The third-order valence-electron chi connectivity index (χ3n) is 1.21. The van der Waals surface area contributed by atoms with Gasteiger partial charge < -0.3 is 4.57 Å². The summed E-state index contributed by atoms with van der Waals surface area (Å²) in [6, 6.07) is 1.59. The van der Waals surface area contributed by atoms with Crippen LogP contribution in [0.15, 0.2) is 23.6 Å². The molecule has 0 bridgehead atoms. The van der Waals surface area contributed by atoms with Crippen LogP contribution in [0.3, 0.4) is 0 Å². The van der Waals surface area contributed by atoms with Crippen LogP contribution in [0.1, 0.15) is 10.4 Å². The molecule has 0 fully saturated rings. The second kappa shape index (κ2) is 2.90. The number of rotatable bonds is 1. The van der Waals surface area contributed by atoms with Crippen molar-refractivity contribution < 1.29 is 4.79 Å². The molecular formula is C6H6N4O. The Hall–Kier alpha value is -1.74. The van der Waals surface area contributed by atoms with Gasteiger partial charge in [0, 0.05) is 29.9 Å². The molecule has 1 aromatic rings. The summed E-state index contributed by atoms with van der Waals surface area (Å²) < 4.78 is 1.71. The second-order valence-corrected chi connectivity index (χ2v) is 2.06. The number of azide groups is 1. The topological polar surface area (TPSA) is 70.8 Å². The van der Waals surface area contributed by atoms with Gasteiger partial charge in [0.15, 0.2) is 0 Å². The molecule has 0 saturated heterocycles. The lowest BCUT2D eigenvalue weighted by molar-refractivity contribution is 0.100. The number of nitrogens with zero attached hydrogens (tertiary/aromatic N) is 4. The maximum Gasteiger partial charge on any atom is 0.250 e. The van der Waals surface area contributed by atoms with E-state index in [2.05, 4.69) is 10.0 Å². The van der Waals surface area contributed by atoms with Gasteiger partial charge in [-0.3, -0.25) is 4.79 Å². The molecule has 1 heterocycles. The van der Waals surface area contributed by atoms with Crippen LogP contribution >= 0.6 is 0 Å². The predicted molar refractivity (Wildman–Crippen MR) is 38.9 cm³/mol. The van der Waals surface area contributed by atoms with E-state index in [0.717, 1.165) is 0 Å². The standard InChI is InChI=1S/C6H6N4O/c1-10-3-2-5(4-10)6(11)8-9-7/h2-4H,1H3. The molecule has 0 unspecified atom stereocenters. The number of carbonyl (C=O) groups is 1. The average Bonchev–Trinajstić information content (AvgIpc) is 2.36. The molecule has 5 nitrogen and oxygen atoms in total. The molecule has 0 spiro atoms. The van der Waals surface area contributed by atoms with Crippen LogP contribution in [0.5, 0.6) is 0 Å². The van der Waals surface area contributed by atoms with E-state index in [4.69, 9.17) is 5.53 Å². The van der Waals surface area contributed by atoms with Crippen molar-refractivity contribution in [2.24, 2.45) is 12.2 Å². The van der Waals surface area contributed by atoms with Gasteiger partial charge in [0.05, 0.1) is 0 Å². The molecule has 1 aromatic heterocycles. The lowest BCUT2D eigenvalue weighted by atomic mass is 10.3. The van der Waals surface area contributed by atoms with E-state index in [-0.39, 0.29) is 0 Å². The molecule has 0 aliphatic rings. The Bertz CT molecular complexity index is 321. The zero-order chi connectivity index (χ0) is 8.27. The van der Waals surface area contributed by atoms with E-state index in [9.17, 15) is 4.79 Å². The van der Waals surface area contributed by atoms with Gasteiger partial charge in [0.25, 0.3) is 5.91 Å². The van der Waals surface area contributed by atoms with Gasteiger partial charge in [0.2, 0.25) is 0 Å². The van der Waals surface area contributed by atoms with E-state index in [1.807, 2.05) is 0 Å². The summed E-state index contributed by atoms with van der Waals surface area (Å²) in [4.78, 5) is 13.2. The van der Waals surface area contributed by atoms with Gasteiger partial charge in [-0.25, -0.2) is 0 Å². The van der Waals surface area contributed by atoms with E-state index < -0.39 is 5.91 Å². The monoisotopic (exact) mass is 150 g/mol. The quantitative estimate of drug-likeness (QED) is 0.339. The summed E-state index contributed by atoms with van der Waals surface area (Å²) in [5.74, 6) is -0.548. The van der Waals surface area contributed by atoms with Crippen molar-refractivity contribution in [3.05, 3.63) is 34.5 Å².